The Morgan fingerprint density at radius 3 is 2.56 bits per heavy atom. The Bertz CT molecular complexity index is 542. The number of rotatable bonds is 4. The minimum atomic E-state index is -0.0424. The number of imidazole rings is 1. The lowest BCUT2D eigenvalue weighted by Gasteiger charge is -2.09. The van der Waals surface area contributed by atoms with Crippen molar-refractivity contribution in [3.63, 3.8) is 0 Å². The van der Waals surface area contributed by atoms with Crippen LogP contribution >= 0.6 is 0 Å². The quantitative estimate of drug-likeness (QED) is 0.659. The van der Waals surface area contributed by atoms with Gasteiger partial charge in [0, 0.05) is 38.3 Å². The van der Waals surface area contributed by atoms with Gasteiger partial charge in [0.25, 0.3) is 0 Å². The van der Waals surface area contributed by atoms with Crippen molar-refractivity contribution in [1.82, 2.24) is 14.9 Å². The standard InChI is InChI=1S/C14H15N3O/c1-17(2)10-12(14-15-8-9-16-14)13(18)11-6-4-3-5-7-11/h3-10H,1-2H3,(H,15,16)/b12-10-. The van der Waals surface area contributed by atoms with Crippen molar-refractivity contribution in [2.75, 3.05) is 14.1 Å². The van der Waals surface area contributed by atoms with Crippen LogP contribution in [0.25, 0.3) is 5.57 Å². The van der Waals surface area contributed by atoms with Crippen molar-refractivity contribution < 1.29 is 4.79 Å². The number of H-pyrrole nitrogens is 1. The molecule has 0 aliphatic rings. The van der Waals surface area contributed by atoms with Gasteiger partial charge in [-0.15, -0.1) is 0 Å². The molecule has 0 saturated carbocycles. The van der Waals surface area contributed by atoms with E-state index in [0.29, 0.717) is 17.0 Å². The fraction of sp³-hybridized carbons (Fsp3) is 0.143. The number of aromatic nitrogens is 2. The van der Waals surface area contributed by atoms with E-state index in [4.69, 9.17) is 0 Å². The van der Waals surface area contributed by atoms with Crippen molar-refractivity contribution in [3.05, 3.63) is 60.3 Å². The molecule has 0 spiro atoms. The van der Waals surface area contributed by atoms with Crippen LogP contribution in [0.3, 0.4) is 0 Å². The molecule has 4 nitrogen and oxygen atoms in total. The predicted octanol–water partition coefficient (Wildman–Crippen LogP) is 2.20. The second-order valence-electron chi connectivity index (χ2n) is 4.14. The molecule has 0 radical (unpaired) electrons. The SMILES string of the molecule is CN(C)/C=C(/C(=O)c1ccccc1)c1ncc[nH]1. The van der Waals surface area contributed by atoms with Gasteiger partial charge in [-0.2, -0.15) is 0 Å². The summed E-state index contributed by atoms with van der Waals surface area (Å²) in [4.78, 5) is 21.4. The Kier molecular flexibility index (Phi) is 3.57. The minimum Gasteiger partial charge on any atom is -0.383 e. The maximum absolute atomic E-state index is 12.4. The predicted molar refractivity (Wildman–Crippen MR) is 71.0 cm³/mol. The summed E-state index contributed by atoms with van der Waals surface area (Å²) in [5.74, 6) is 0.539. The third-order valence-corrected chi connectivity index (χ3v) is 2.42. The Morgan fingerprint density at radius 2 is 2.00 bits per heavy atom. The zero-order valence-corrected chi connectivity index (χ0v) is 10.4. The lowest BCUT2D eigenvalue weighted by Crippen LogP contribution is -2.10. The molecule has 0 bridgehead atoms. The van der Waals surface area contributed by atoms with Gasteiger partial charge >= 0.3 is 0 Å². The number of carbonyl (C=O) groups is 1. The summed E-state index contributed by atoms with van der Waals surface area (Å²) in [5.41, 5.74) is 1.21. The summed E-state index contributed by atoms with van der Waals surface area (Å²) >= 11 is 0. The molecule has 0 atom stereocenters. The fourth-order valence-corrected chi connectivity index (χ4v) is 1.64. The number of aromatic amines is 1. The van der Waals surface area contributed by atoms with Crippen molar-refractivity contribution in [2.45, 2.75) is 0 Å². The summed E-state index contributed by atoms with van der Waals surface area (Å²) < 4.78 is 0. The highest BCUT2D eigenvalue weighted by Crippen LogP contribution is 2.16. The molecule has 2 aromatic rings. The summed E-state index contributed by atoms with van der Waals surface area (Å²) in [6.07, 6.45) is 5.11. The topological polar surface area (TPSA) is 49.0 Å². The highest BCUT2D eigenvalue weighted by molar-refractivity contribution is 6.28. The second kappa shape index (κ2) is 5.31. The average Bonchev–Trinajstić information content (AvgIpc) is 2.89. The molecule has 1 heterocycles. The minimum absolute atomic E-state index is 0.0424. The third kappa shape index (κ3) is 2.66. The molecule has 0 unspecified atom stereocenters. The van der Waals surface area contributed by atoms with Crippen LogP contribution in [0.2, 0.25) is 0 Å². The zero-order chi connectivity index (χ0) is 13.0. The van der Waals surface area contributed by atoms with Gasteiger partial charge in [0.1, 0.15) is 5.82 Å². The van der Waals surface area contributed by atoms with Crippen molar-refractivity contribution in [1.29, 1.82) is 0 Å². The largest absolute Gasteiger partial charge is 0.383 e. The van der Waals surface area contributed by atoms with Crippen molar-refractivity contribution >= 4 is 11.4 Å². The molecule has 2 rings (SSSR count). The van der Waals surface area contributed by atoms with Crippen LogP contribution in [0.15, 0.2) is 48.9 Å². The van der Waals surface area contributed by atoms with Crippen molar-refractivity contribution in [2.24, 2.45) is 0 Å². The van der Waals surface area contributed by atoms with Crippen LogP contribution in [0.4, 0.5) is 0 Å². The monoisotopic (exact) mass is 241 g/mol. The molecule has 92 valence electrons. The van der Waals surface area contributed by atoms with Gasteiger partial charge < -0.3 is 9.88 Å². The van der Waals surface area contributed by atoms with Gasteiger partial charge in [-0.25, -0.2) is 4.98 Å². The van der Waals surface area contributed by atoms with E-state index >= 15 is 0 Å². The molecular formula is C14H15N3O. The molecule has 0 fully saturated rings. The first-order valence-corrected chi connectivity index (χ1v) is 5.66. The first-order valence-electron chi connectivity index (χ1n) is 5.66. The number of allylic oxidation sites excluding steroid dienone is 1. The average molecular weight is 241 g/mol. The fourth-order valence-electron chi connectivity index (χ4n) is 1.64. The summed E-state index contributed by atoms with van der Waals surface area (Å²) in [6.45, 7) is 0. The molecule has 0 aliphatic carbocycles. The van der Waals surface area contributed by atoms with Crippen LogP contribution < -0.4 is 0 Å². The van der Waals surface area contributed by atoms with Crippen LogP contribution in [0, 0.1) is 0 Å². The Morgan fingerprint density at radius 1 is 1.28 bits per heavy atom. The van der Waals surface area contributed by atoms with Gasteiger partial charge in [-0.05, 0) is 0 Å². The van der Waals surface area contributed by atoms with E-state index in [9.17, 15) is 4.79 Å². The molecule has 0 amide bonds. The molecule has 18 heavy (non-hydrogen) atoms. The van der Waals surface area contributed by atoms with E-state index < -0.39 is 0 Å². The number of ketones is 1. The van der Waals surface area contributed by atoms with Gasteiger partial charge in [0.2, 0.25) is 0 Å². The van der Waals surface area contributed by atoms with Crippen LogP contribution in [0.5, 0.6) is 0 Å². The van der Waals surface area contributed by atoms with E-state index in [-0.39, 0.29) is 5.78 Å². The van der Waals surface area contributed by atoms with Gasteiger partial charge in [0.15, 0.2) is 5.78 Å². The summed E-state index contributed by atoms with van der Waals surface area (Å²) in [5, 5.41) is 0. The second-order valence-corrected chi connectivity index (χ2v) is 4.14. The number of benzene rings is 1. The molecule has 4 heteroatoms. The number of nitrogens with zero attached hydrogens (tertiary/aromatic N) is 2. The molecule has 1 aromatic carbocycles. The number of hydrogen-bond acceptors (Lipinski definition) is 3. The molecule has 0 saturated heterocycles. The van der Waals surface area contributed by atoms with E-state index in [2.05, 4.69) is 9.97 Å². The lowest BCUT2D eigenvalue weighted by molar-refractivity contribution is 0.105. The van der Waals surface area contributed by atoms with E-state index in [1.54, 1.807) is 30.7 Å². The third-order valence-electron chi connectivity index (χ3n) is 2.42. The number of carbonyl (C=O) groups excluding carboxylic acids is 1. The van der Waals surface area contributed by atoms with E-state index in [1.807, 2.05) is 37.2 Å². The summed E-state index contributed by atoms with van der Waals surface area (Å²) in [7, 11) is 3.75. The zero-order valence-electron chi connectivity index (χ0n) is 10.4. The van der Waals surface area contributed by atoms with Crippen LogP contribution in [0.1, 0.15) is 16.2 Å². The first-order chi connectivity index (χ1) is 8.68. The Hall–Kier alpha value is -2.36. The number of Topliss-reactive ketones (excluding diaryl/α,β-unsaturated/α-hetero) is 1. The maximum Gasteiger partial charge on any atom is 0.198 e. The maximum atomic E-state index is 12.4. The first kappa shape index (κ1) is 12.1. The normalized spacial score (nSPS) is 11.3. The number of hydrogen-bond donors (Lipinski definition) is 1. The number of nitrogens with one attached hydrogen (secondary N) is 1. The van der Waals surface area contributed by atoms with E-state index in [1.165, 1.54) is 0 Å². The Balaban J connectivity index is 2.40. The lowest BCUT2D eigenvalue weighted by atomic mass is 10.0. The summed E-state index contributed by atoms with van der Waals surface area (Å²) in [6, 6.07) is 9.19. The molecule has 1 N–H and O–H groups in total. The van der Waals surface area contributed by atoms with Crippen LogP contribution in [-0.2, 0) is 0 Å². The Labute approximate surface area is 106 Å². The van der Waals surface area contributed by atoms with E-state index in [0.717, 1.165) is 0 Å². The van der Waals surface area contributed by atoms with Gasteiger partial charge in [0.05, 0.1) is 5.57 Å². The van der Waals surface area contributed by atoms with Crippen LogP contribution in [-0.4, -0.2) is 34.7 Å². The van der Waals surface area contributed by atoms with Gasteiger partial charge in [-0.3, -0.25) is 4.79 Å². The molecule has 1 aromatic heterocycles. The van der Waals surface area contributed by atoms with Gasteiger partial charge in [-0.1, -0.05) is 30.3 Å². The van der Waals surface area contributed by atoms with Crippen molar-refractivity contribution in [3.8, 4) is 0 Å². The molecule has 0 aliphatic heterocycles. The smallest absolute Gasteiger partial charge is 0.198 e. The highest BCUT2D eigenvalue weighted by Gasteiger charge is 2.16. The molecular weight excluding hydrogens is 226 g/mol. The highest BCUT2D eigenvalue weighted by atomic mass is 16.1.